The average molecular weight is 276 g/mol. The average Bonchev–Trinajstić information content (AvgIpc) is 2.44. The van der Waals surface area contributed by atoms with E-state index in [4.69, 9.17) is 5.73 Å². The van der Waals surface area contributed by atoms with E-state index in [9.17, 15) is 4.79 Å². The molecular weight excluding hydrogens is 248 g/mol. The van der Waals surface area contributed by atoms with Crippen LogP contribution in [0.3, 0.4) is 0 Å². The molecule has 0 aliphatic heterocycles. The summed E-state index contributed by atoms with van der Waals surface area (Å²) in [6.45, 7) is 4.92. The van der Waals surface area contributed by atoms with Crippen LogP contribution in [0.1, 0.15) is 38.7 Å². The van der Waals surface area contributed by atoms with Crippen molar-refractivity contribution in [2.24, 2.45) is 11.7 Å². The zero-order valence-corrected chi connectivity index (χ0v) is 13.0. The highest BCUT2D eigenvalue weighted by Gasteiger charge is 2.15. The van der Waals surface area contributed by atoms with E-state index in [1.807, 2.05) is 18.0 Å². The lowest BCUT2D eigenvalue weighted by molar-refractivity contribution is -0.130. The van der Waals surface area contributed by atoms with Crippen LogP contribution in [0.5, 0.6) is 0 Å². The molecule has 3 heteroatoms. The lowest BCUT2D eigenvalue weighted by Gasteiger charge is -2.21. The van der Waals surface area contributed by atoms with Gasteiger partial charge in [0, 0.05) is 26.1 Å². The third kappa shape index (κ3) is 6.20. The first-order chi connectivity index (χ1) is 9.50. The molecular formula is C17H28N2O. The number of rotatable bonds is 8. The summed E-state index contributed by atoms with van der Waals surface area (Å²) in [7, 11) is 1.87. The molecule has 0 aliphatic rings. The minimum absolute atomic E-state index is 0.0331. The fourth-order valence-corrected chi connectivity index (χ4v) is 2.04. The SMILES string of the molecule is CC(C)C(N)CC(=O)N(C)CCCCc1ccccc1. The van der Waals surface area contributed by atoms with Gasteiger partial charge in [0.1, 0.15) is 0 Å². The Morgan fingerprint density at radius 1 is 1.20 bits per heavy atom. The van der Waals surface area contributed by atoms with E-state index >= 15 is 0 Å². The third-order valence-corrected chi connectivity index (χ3v) is 3.74. The molecule has 0 radical (unpaired) electrons. The maximum atomic E-state index is 12.0. The van der Waals surface area contributed by atoms with Gasteiger partial charge in [0.2, 0.25) is 5.91 Å². The number of nitrogens with two attached hydrogens (primary N) is 1. The Morgan fingerprint density at radius 3 is 2.45 bits per heavy atom. The molecule has 1 atom stereocenters. The van der Waals surface area contributed by atoms with E-state index in [1.54, 1.807) is 0 Å². The number of benzene rings is 1. The van der Waals surface area contributed by atoms with Gasteiger partial charge in [-0.3, -0.25) is 4.79 Å². The van der Waals surface area contributed by atoms with Gasteiger partial charge in [-0.15, -0.1) is 0 Å². The van der Waals surface area contributed by atoms with Crippen molar-refractivity contribution in [1.29, 1.82) is 0 Å². The van der Waals surface area contributed by atoms with E-state index in [1.165, 1.54) is 5.56 Å². The predicted molar refractivity (Wildman–Crippen MR) is 84.4 cm³/mol. The second-order valence-corrected chi connectivity index (χ2v) is 5.87. The fourth-order valence-electron chi connectivity index (χ4n) is 2.04. The van der Waals surface area contributed by atoms with Gasteiger partial charge < -0.3 is 10.6 Å². The molecule has 0 fully saturated rings. The number of amides is 1. The Morgan fingerprint density at radius 2 is 1.85 bits per heavy atom. The summed E-state index contributed by atoms with van der Waals surface area (Å²) < 4.78 is 0. The Balaban J connectivity index is 2.19. The largest absolute Gasteiger partial charge is 0.346 e. The summed E-state index contributed by atoms with van der Waals surface area (Å²) in [6, 6.07) is 10.4. The van der Waals surface area contributed by atoms with Crippen molar-refractivity contribution in [3.8, 4) is 0 Å². The smallest absolute Gasteiger partial charge is 0.223 e. The van der Waals surface area contributed by atoms with Gasteiger partial charge in [0.05, 0.1) is 0 Å². The molecule has 1 amide bonds. The minimum Gasteiger partial charge on any atom is -0.346 e. The molecule has 2 N–H and O–H groups in total. The molecule has 0 heterocycles. The molecule has 0 saturated carbocycles. The molecule has 0 aliphatic carbocycles. The van der Waals surface area contributed by atoms with Crippen LogP contribution in [0, 0.1) is 5.92 Å². The lowest BCUT2D eigenvalue weighted by atomic mass is 10.0. The molecule has 112 valence electrons. The van der Waals surface area contributed by atoms with E-state index < -0.39 is 0 Å². The molecule has 0 saturated heterocycles. The molecule has 1 aromatic carbocycles. The molecule has 1 aromatic rings. The highest BCUT2D eigenvalue weighted by atomic mass is 16.2. The zero-order chi connectivity index (χ0) is 15.0. The van der Waals surface area contributed by atoms with Crippen LogP contribution in [0.4, 0.5) is 0 Å². The van der Waals surface area contributed by atoms with Gasteiger partial charge >= 0.3 is 0 Å². The van der Waals surface area contributed by atoms with Crippen molar-refractivity contribution < 1.29 is 4.79 Å². The van der Waals surface area contributed by atoms with Gasteiger partial charge in [-0.1, -0.05) is 44.2 Å². The third-order valence-electron chi connectivity index (χ3n) is 3.74. The van der Waals surface area contributed by atoms with Crippen LogP contribution >= 0.6 is 0 Å². The van der Waals surface area contributed by atoms with Gasteiger partial charge in [-0.2, -0.15) is 0 Å². The van der Waals surface area contributed by atoms with E-state index in [0.29, 0.717) is 12.3 Å². The number of unbranched alkanes of at least 4 members (excludes halogenated alkanes) is 1. The summed E-state index contributed by atoms with van der Waals surface area (Å²) in [5, 5.41) is 0. The first-order valence-electron chi connectivity index (χ1n) is 7.54. The van der Waals surface area contributed by atoms with Gasteiger partial charge in [-0.25, -0.2) is 0 Å². The van der Waals surface area contributed by atoms with Crippen molar-refractivity contribution in [3.63, 3.8) is 0 Å². The number of nitrogens with zero attached hydrogens (tertiary/aromatic N) is 1. The first-order valence-corrected chi connectivity index (χ1v) is 7.54. The second kappa shape index (κ2) is 8.75. The highest BCUT2D eigenvalue weighted by Crippen LogP contribution is 2.07. The van der Waals surface area contributed by atoms with E-state index in [2.05, 4.69) is 38.1 Å². The maximum absolute atomic E-state index is 12.0. The Hall–Kier alpha value is -1.35. The van der Waals surface area contributed by atoms with Crippen molar-refractivity contribution >= 4 is 5.91 Å². The standard InChI is InChI=1S/C17H28N2O/c1-14(2)16(18)13-17(20)19(3)12-8-7-11-15-9-5-4-6-10-15/h4-6,9-10,14,16H,7-8,11-13,18H2,1-3H3. The Kier molecular flexibility index (Phi) is 7.31. The Labute approximate surface area is 123 Å². The Bertz CT molecular complexity index is 389. The van der Waals surface area contributed by atoms with Crippen molar-refractivity contribution in [2.75, 3.05) is 13.6 Å². The summed E-state index contributed by atoms with van der Waals surface area (Å²) in [6.07, 6.45) is 3.67. The van der Waals surface area contributed by atoms with E-state index in [0.717, 1.165) is 25.8 Å². The van der Waals surface area contributed by atoms with Crippen LogP contribution in [0.15, 0.2) is 30.3 Å². The van der Waals surface area contributed by atoms with Crippen LogP contribution in [0.25, 0.3) is 0 Å². The topological polar surface area (TPSA) is 46.3 Å². The summed E-state index contributed by atoms with van der Waals surface area (Å²) in [5.41, 5.74) is 7.30. The number of carbonyl (C=O) groups excluding carboxylic acids is 1. The number of aryl methyl sites for hydroxylation is 1. The second-order valence-electron chi connectivity index (χ2n) is 5.87. The van der Waals surface area contributed by atoms with Crippen LogP contribution in [-0.2, 0) is 11.2 Å². The van der Waals surface area contributed by atoms with Gasteiger partial charge in [-0.05, 0) is 30.7 Å². The molecule has 20 heavy (non-hydrogen) atoms. The molecule has 0 bridgehead atoms. The summed E-state index contributed by atoms with van der Waals surface area (Å²) in [5.74, 6) is 0.511. The molecule has 1 unspecified atom stereocenters. The quantitative estimate of drug-likeness (QED) is 0.742. The van der Waals surface area contributed by atoms with Crippen LogP contribution in [-0.4, -0.2) is 30.4 Å². The normalized spacial score (nSPS) is 12.4. The van der Waals surface area contributed by atoms with Crippen molar-refractivity contribution in [2.45, 2.75) is 45.6 Å². The lowest BCUT2D eigenvalue weighted by Crippen LogP contribution is -2.36. The van der Waals surface area contributed by atoms with Gasteiger partial charge in [0.15, 0.2) is 0 Å². The van der Waals surface area contributed by atoms with Crippen LogP contribution < -0.4 is 5.73 Å². The minimum atomic E-state index is -0.0331. The monoisotopic (exact) mass is 276 g/mol. The van der Waals surface area contributed by atoms with Crippen molar-refractivity contribution in [1.82, 2.24) is 4.90 Å². The van der Waals surface area contributed by atoms with Crippen molar-refractivity contribution in [3.05, 3.63) is 35.9 Å². The zero-order valence-electron chi connectivity index (χ0n) is 13.0. The molecule has 0 spiro atoms. The first kappa shape index (κ1) is 16.7. The molecule has 3 nitrogen and oxygen atoms in total. The summed E-state index contributed by atoms with van der Waals surface area (Å²) >= 11 is 0. The van der Waals surface area contributed by atoms with Gasteiger partial charge in [0.25, 0.3) is 0 Å². The fraction of sp³-hybridized carbons (Fsp3) is 0.588. The number of carbonyl (C=O) groups is 1. The predicted octanol–water partition coefficient (Wildman–Crippen LogP) is 2.84. The number of hydrogen-bond acceptors (Lipinski definition) is 2. The van der Waals surface area contributed by atoms with E-state index in [-0.39, 0.29) is 11.9 Å². The molecule has 0 aromatic heterocycles. The number of hydrogen-bond donors (Lipinski definition) is 1. The summed E-state index contributed by atoms with van der Waals surface area (Å²) in [4.78, 5) is 13.8. The highest BCUT2D eigenvalue weighted by molar-refractivity contribution is 5.76. The van der Waals surface area contributed by atoms with Crippen LogP contribution in [0.2, 0.25) is 0 Å². The molecule has 1 rings (SSSR count). The maximum Gasteiger partial charge on any atom is 0.223 e.